The Hall–Kier alpha value is -1.63. The van der Waals surface area contributed by atoms with Crippen LogP contribution in [0.2, 0.25) is 0 Å². The highest BCUT2D eigenvalue weighted by atomic mass is 32.2. The molecule has 0 amide bonds. The Labute approximate surface area is 175 Å². The number of thiophene rings is 1. The maximum absolute atomic E-state index is 5.13. The Morgan fingerprint density at radius 1 is 1.11 bits per heavy atom. The van der Waals surface area contributed by atoms with Gasteiger partial charge in [-0.15, -0.1) is 23.1 Å². The Morgan fingerprint density at radius 2 is 1.93 bits per heavy atom. The second-order valence-corrected chi connectivity index (χ2v) is 9.83. The molecule has 1 aliphatic carbocycles. The first-order chi connectivity index (χ1) is 13.8. The molecule has 3 heterocycles. The van der Waals surface area contributed by atoms with Crippen molar-refractivity contribution in [1.82, 2.24) is 9.97 Å². The fourth-order valence-electron chi connectivity index (χ4n) is 4.37. The van der Waals surface area contributed by atoms with Crippen LogP contribution in [0.25, 0.3) is 10.2 Å². The molecule has 4 nitrogen and oxygen atoms in total. The zero-order valence-electron chi connectivity index (χ0n) is 16.4. The molecule has 0 bridgehead atoms. The highest BCUT2D eigenvalue weighted by molar-refractivity contribution is 7.98. The summed E-state index contributed by atoms with van der Waals surface area (Å²) in [7, 11) is 0. The van der Waals surface area contributed by atoms with Crippen molar-refractivity contribution in [3.05, 3.63) is 46.6 Å². The number of aromatic nitrogens is 2. The average Bonchev–Trinajstić information content (AvgIpc) is 3.33. The van der Waals surface area contributed by atoms with E-state index in [-0.39, 0.29) is 0 Å². The van der Waals surface area contributed by atoms with E-state index in [1.807, 2.05) is 23.1 Å². The molecule has 146 valence electrons. The van der Waals surface area contributed by atoms with Gasteiger partial charge in [0.15, 0.2) is 0 Å². The quantitative estimate of drug-likeness (QED) is 0.654. The van der Waals surface area contributed by atoms with E-state index in [4.69, 9.17) is 9.97 Å². The predicted octanol–water partition coefficient (Wildman–Crippen LogP) is 3.20. The predicted molar refractivity (Wildman–Crippen MR) is 119 cm³/mol. The average molecular weight is 412 g/mol. The van der Waals surface area contributed by atoms with Crippen LogP contribution in [0.1, 0.15) is 29.6 Å². The second kappa shape index (κ2) is 8.01. The summed E-state index contributed by atoms with van der Waals surface area (Å²) in [4.78, 5) is 18.4. The van der Waals surface area contributed by atoms with Crippen molar-refractivity contribution in [2.45, 2.75) is 36.8 Å². The lowest BCUT2D eigenvalue weighted by atomic mass is 10.1. The summed E-state index contributed by atoms with van der Waals surface area (Å²) < 4.78 is 0. The molecule has 0 radical (unpaired) electrons. The zero-order valence-corrected chi connectivity index (χ0v) is 18.0. The van der Waals surface area contributed by atoms with Gasteiger partial charge in [-0.25, -0.2) is 9.97 Å². The highest BCUT2D eigenvalue weighted by Gasteiger charge is 2.27. The van der Waals surface area contributed by atoms with E-state index in [0.717, 1.165) is 24.7 Å². The van der Waals surface area contributed by atoms with Crippen LogP contribution in [0, 0.1) is 0 Å². The Morgan fingerprint density at radius 3 is 2.71 bits per heavy atom. The molecule has 1 aliphatic heterocycles. The normalized spacial score (nSPS) is 17.4. The lowest BCUT2D eigenvalue weighted by Crippen LogP contribution is -3.14. The van der Waals surface area contributed by atoms with Crippen molar-refractivity contribution >= 4 is 39.1 Å². The van der Waals surface area contributed by atoms with E-state index < -0.39 is 0 Å². The van der Waals surface area contributed by atoms with Gasteiger partial charge < -0.3 is 9.80 Å². The molecule has 28 heavy (non-hydrogen) atoms. The minimum absolute atomic E-state index is 0.829. The number of thioether (sulfide) groups is 1. The number of fused-ring (bicyclic) bond motifs is 3. The molecular weight excluding hydrogens is 384 g/mol. The molecule has 0 unspecified atom stereocenters. The molecule has 0 atom stereocenters. The van der Waals surface area contributed by atoms with Crippen LogP contribution in [-0.2, 0) is 18.6 Å². The largest absolute Gasteiger partial charge is 0.345 e. The van der Waals surface area contributed by atoms with Gasteiger partial charge in [-0.2, -0.15) is 0 Å². The molecule has 0 spiro atoms. The molecule has 1 fully saturated rings. The van der Waals surface area contributed by atoms with E-state index in [2.05, 4.69) is 42.2 Å². The second-order valence-electron chi connectivity index (χ2n) is 7.69. The maximum Gasteiger partial charge on any atom is 0.142 e. The van der Waals surface area contributed by atoms with Gasteiger partial charge in [-0.05, 0) is 43.9 Å². The van der Waals surface area contributed by atoms with E-state index >= 15 is 0 Å². The van der Waals surface area contributed by atoms with Gasteiger partial charge in [0.05, 0.1) is 43.9 Å². The van der Waals surface area contributed by atoms with Crippen molar-refractivity contribution in [2.24, 2.45) is 0 Å². The van der Waals surface area contributed by atoms with Crippen molar-refractivity contribution in [3.63, 3.8) is 0 Å². The van der Waals surface area contributed by atoms with Crippen LogP contribution >= 0.6 is 23.1 Å². The highest BCUT2D eigenvalue weighted by Crippen LogP contribution is 2.41. The summed E-state index contributed by atoms with van der Waals surface area (Å²) in [6.45, 7) is 8.14. The van der Waals surface area contributed by atoms with Crippen LogP contribution in [0.4, 0.5) is 5.82 Å². The van der Waals surface area contributed by atoms with E-state index in [1.54, 1.807) is 15.3 Å². The topological polar surface area (TPSA) is 33.5 Å². The lowest BCUT2D eigenvalue weighted by molar-refractivity contribution is -0.898. The lowest BCUT2D eigenvalue weighted by Gasteiger charge is -2.33. The molecule has 3 aromatic rings. The molecule has 1 saturated heterocycles. The fraction of sp³-hybridized carbons (Fsp3) is 0.455. The standard InChI is InChI=1S/C22H26N4S2/c1-2-25-11-13-26(14-12-25)21-20-17-9-6-10-18(17)28-22(20)24-19(23-21)15-27-16-7-4-3-5-8-16/h3-5,7-8H,2,6,9-15H2,1H3/p+1. The smallest absolute Gasteiger partial charge is 0.142 e. The number of likely N-dealkylation sites (N-methyl/N-ethyl adjacent to an activating group) is 1. The molecule has 1 aromatic carbocycles. The van der Waals surface area contributed by atoms with Crippen LogP contribution in [0.3, 0.4) is 0 Å². The monoisotopic (exact) mass is 411 g/mol. The first-order valence-corrected chi connectivity index (χ1v) is 12.2. The summed E-state index contributed by atoms with van der Waals surface area (Å²) in [5, 5.41) is 1.37. The van der Waals surface area contributed by atoms with Crippen LogP contribution in [-0.4, -0.2) is 42.7 Å². The number of hydrogen-bond acceptors (Lipinski definition) is 5. The Balaban J connectivity index is 1.49. The zero-order chi connectivity index (χ0) is 18.9. The number of benzene rings is 1. The molecule has 1 N–H and O–H groups in total. The first kappa shape index (κ1) is 18.4. The summed E-state index contributed by atoms with van der Waals surface area (Å²) in [6, 6.07) is 10.6. The minimum Gasteiger partial charge on any atom is -0.345 e. The molecule has 6 heteroatoms. The third-order valence-electron chi connectivity index (χ3n) is 5.97. The Bertz CT molecular complexity index is 962. The van der Waals surface area contributed by atoms with Crippen molar-refractivity contribution in [3.8, 4) is 0 Å². The maximum atomic E-state index is 5.13. The fourth-order valence-corrected chi connectivity index (χ4v) is 6.41. The van der Waals surface area contributed by atoms with Gasteiger partial charge >= 0.3 is 0 Å². The number of nitrogens with zero attached hydrogens (tertiary/aromatic N) is 3. The van der Waals surface area contributed by atoms with E-state index in [1.165, 1.54) is 59.8 Å². The van der Waals surface area contributed by atoms with Gasteiger partial charge in [-0.3, -0.25) is 0 Å². The first-order valence-electron chi connectivity index (χ1n) is 10.4. The SMILES string of the molecule is CC[NH+]1CCN(c2nc(CSc3ccccc3)nc3sc4c(c23)CCC4)CC1. The number of quaternary nitrogens is 1. The van der Waals surface area contributed by atoms with E-state index in [9.17, 15) is 0 Å². The molecule has 2 aliphatic rings. The van der Waals surface area contributed by atoms with Crippen molar-refractivity contribution in [2.75, 3.05) is 37.6 Å². The number of nitrogens with one attached hydrogen (secondary N) is 1. The molecular formula is C22H27N4S2+. The van der Waals surface area contributed by atoms with Crippen LogP contribution in [0.15, 0.2) is 35.2 Å². The van der Waals surface area contributed by atoms with Gasteiger partial charge in [0.2, 0.25) is 0 Å². The van der Waals surface area contributed by atoms with Crippen LogP contribution in [0.5, 0.6) is 0 Å². The molecule has 0 saturated carbocycles. The number of piperazine rings is 1. The van der Waals surface area contributed by atoms with Gasteiger partial charge in [-0.1, -0.05) is 18.2 Å². The molecule has 5 rings (SSSR count). The van der Waals surface area contributed by atoms with Crippen LogP contribution < -0.4 is 9.80 Å². The number of anilines is 1. The Kier molecular flexibility index (Phi) is 5.26. The third kappa shape index (κ3) is 3.53. The summed E-state index contributed by atoms with van der Waals surface area (Å²) in [6.07, 6.45) is 3.71. The van der Waals surface area contributed by atoms with Crippen molar-refractivity contribution in [1.29, 1.82) is 0 Å². The summed E-state index contributed by atoms with van der Waals surface area (Å²) in [5.74, 6) is 3.01. The van der Waals surface area contributed by atoms with Gasteiger partial charge in [0.25, 0.3) is 0 Å². The minimum atomic E-state index is 0.829. The van der Waals surface area contributed by atoms with Gasteiger partial charge in [0, 0.05) is 9.77 Å². The number of hydrogen-bond donors (Lipinski definition) is 1. The number of aryl methyl sites for hydroxylation is 2. The number of rotatable bonds is 5. The van der Waals surface area contributed by atoms with E-state index in [0.29, 0.717) is 0 Å². The van der Waals surface area contributed by atoms with Gasteiger partial charge in [0.1, 0.15) is 16.5 Å². The third-order valence-corrected chi connectivity index (χ3v) is 8.17. The van der Waals surface area contributed by atoms with Crippen molar-refractivity contribution < 1.29 is 4.90 Å². The molecule has 2 aromatic heterocycles. The summed E-state index contributed by atoms with van der Waals surface area (Å²) >= 11 is 3.74. The summed E-state index contributed by atoms with van der Waals surface area (Å²) in [5.41, 5.74) is 1.54.